The molecule has 1 aliphatic heterocycles. The van der Waals surface area contributed by atoms with Crippen LogP contribution >= 0.6 is 0 Å². The van der Waals surface area contributed by atoms with Gasteiger partial charge in [-0.25, -0.2) is 14.4 Å². The number of carbonyl (C=O) groups is 5. The van der Waals surface area contributed by atoms with Gasteiger partial charge in [-0.2, -0.15) is 26.3 Å². The number of nitrogens with one attached hydrogen (secondary N) is 4. The van der Waals surface area contributed by atoms with E-state index >= 15 is 0 Å². The van der Waals surface area contributed by atoms with Crippen LogP contribution in [0.5, 0.6) is 5.75 Å². The zero-order chi connectivity index (χ0) is 55.3. The van der Waals surface area contributed by atoms with Crippen LogP contribution in [-0.4, -0.2) is 136 Å². The van der Waals surface area contributed by atoms with Crippen molar-refractivity contribution in [3.8, 4) is 16.9 Å². The van der Waals surface area contributed by atoms with Crippen LogP contribution in [0.2, 0.25) is 0 Å². The SMILES string of the molecule is C[C@H](Cc1cccc(CC(=O)NCCCCN(C)C(=O)CCN2CCC(OC(=O)Nc3ccccc3-c3ccccc3)CC2)c1)NC[C@H](O)c1ccc(O)c2[nH]c(=O)ccc12.O=C(O)C(F)(F)F.O=C(O)C(F)(F)F. The number of phenolic OH excluding ortho intramolecular Hbond substituents is 1. The topological polar surface area (TPSA) is 251 Å². The molecular weight excluding hydrogens is 999 g/mol. The molecule has 75 heavy (non-hydrogen) atoms. The van der Waals surface area contributed by atoms with Crippen molar-refractivity contribution in [2.24, 2.45) is 0 Å². The number of phenols is 1. The Morgan fingerprint density at radius 1 is 0.827 bits per heavy atom. The fourth-order valence-electron chi connectivity index (χ4n) is 7.79. The number of carboxylic acids is 2. The molecular formula is C52H60F6N6O11. The Morgan fingerprint density at radius 3 is 2.11 bits per heavy atom. The zero-order valence-corrected chi connectivity index (χ0v) is 41.0. The van der Waals surface area contributed by atoms with Gasteiger partial charge in [-0.15, -0.1) is 0 Å². The van der Waals surface area contributed by atoms with E-state index in [1.807, 2.05) is 92.8 Å². The minimum Gasteiger partial charge on any atom is -0.506 e. The number of fused-ring (bicyclic) bond motifs is 1. The number of benzene rings is 4. The van der Waals surface area contributed by atoms with E-state index in [0.29, 0.717) is 67.5 Å². The van der Waals surface area contributed by atoms with Gasteiger partial charge in [0.2, 0.25) is 17.4 Å². The molecule has 2 heterocycles. The highest BCUT2D eigenvalue weighted by molar-refractivity contribution is 5.91. The molecule has 0 radical (unpaired) electrons. The number of aliphatic hydroxyl groups excluding tert-OH is 1. The molecule has 6 rings (SSSR count). The van der Waals surface area contributed by atoms with Crippen LogP contribution in [0.25, 0.3) is 22.0 Å². The number of ether oxygens (including phenoxy) is 1. The lowest BCUT2D eigenvalue weighted by Crippen LogP contribution is -2.40. The summed E-state index contributed by atoms with van der Waals surface area (Å²) in [5.41, 5.74) is 5.22. The van der Waals surface area contributed by atoms with Crippen molar-refractivity contribution in [1.82, 2.24) is 25.4 Å². The highest BCUT2D eigenvalue weighted by Crippen LogP contribution is 2.30. The lowest BCUT2D eigenvalue weighted by Gasteiger charge is -2.31. The fraction of sp³-hybridized carbons (Fsp3) is 0.385. The number of H-pyrrole nitrogens is 1. The number of aromatic nitrogens is 1. The molecule has 8 N–H and O–H groups in total. The lowest BCUT2D eigenvalue weighted by molar-refractivity contribution is -0.193. The van der Waals surface area contributed by atoms with E-state index in [0.717, 1.165) is 48.2 Å². The Bertz CT molecular complexity index is 2710. The van der Waals surface area contributed by atoms with Crippen LogP contribution in [0, 0.1) is 0 Å². The van der Waals surface area contributed by atoms with Gasteiger partial charge in [-0.3, -0.25) is 19.7 Å². The molecule has 23 heteroatoms. The highest BCUT2D eigenvalue weighted by Gasteiger charge is 2.39. The summed E-state index contributed by atoms with van der Waals surface area (Å²) in [6, 6.07) is 31.6. The second kappa shape index (κ2) is 28.8. The third-order valence-corrected chi connectivity index (χ3v) is 11.7. The summed E-state index contributed by atoms with van der Waals surface area (Å²) in [5.74, 6) is -5.53. The Kier molecular flexibility index (Phi) is 23.1. The Hall–Kier alpha value is -7.50. The summed E-state index contributed by atoms with van der Waals surface area (Å²) in [4.78, 5) is 74.6. The van der Waals surface area contributed by atoms with Crippen molar-refractivity contribution in [2.75, 3.05) is 51.6 Å². The molecule has 0 unspecified atom stereocenters. The number of pyridine rings is 1. The first kappa shape index (κ1) is 60.1. The maximum Gasteiger partial charge on any atom is 0.490 e. The number of anilines is 1. The second-order valence-electron chi connectivity index (χ2n) is 17.5. The van der Waals surface area contributed by atoms with E-state index in [-0.39, 0.29) is 48.2 Å². The molecule has 3 amide bonds. The number of nitrogens with zero attached hydrogens (tertiary/aromatic N) is 2. The second-order valence-corrected chi connectivity index (χ2v) is 17.5. The number of carboxylic acid groups (broad SMARTS) is 2. The number of aromatic amines is 1. The van der Waals surface area contributed by atoms with Crippen LogP contribution in [0.4, 0.5) is 36.8 Å². The number of halogens is 6. The number of hydrogen-bond donors (Lipinski definition) is 8. The van der Waals surface area contributed by atoms with E-state index in [4.69, 9.17) is 24.5 Å². The lowest BCUT2D eigenvalue weighted by atomic mass is 10.0. The summed E-state index contributed by atoms with van der Waals surface area (Å²) in [7, 11) is 1.82. The number of hydrogen-bond acceptors (Lipinski definition) is 11. The molecule has 2 atom stereocenters. The molecule has 0 spiro atoms. The van der Waals surface area contributed by atoms with Gasteiger partial charge in [0.15, 0.2) is 0 Å². The first-order chi connectivity index (χ1) is 35.4. The standard InChI is InChI=1S/C48H58N6O7.2C2HF3O2/c1-33(50-32-43(56)39-17-19-42(55)47-40(39)18-20-44(57)52-47)29-34-11-10-12-35(30-34)31-45(58)49-24-8-9-25-53(2)46(59)23-28-54-26-21-37(22-27-54)61-48(60)51-41-16-7-6-15-38(41)36-13-4-3-5-14-36;2*3-2(4,5)1(6)7/h3-7,10-20,30,33,37,43,50,55-56H,8-9,21-29,31-32H2,1-2H3,(H,49,58)(H,51,60)(H,52,57);2*(H,6,7)/t33-,43+;;/m1../s1. The van der Waals surface area contributed by atoms with E-state index in [1.165, 1.54) is 12.1 Å². The summed E-state index contributed by atoms with van der Waals surface area (Å²) in [5, 5.41) is 45.2. The minimum atomic E-state index is -5.08. The predicted octanol–water partition coefficient (Wildman–Crippen LogP) is 7.42. The van der Waals surface area contributed by atoms with Gasteiger partial charge in [-0.1, -0.05) is 78.9 Å². The molecule has 1 saturated heterocycles. The summed E-state index contributed by atoms with van der Waals surface area (Å²) >= 11 is 0. The average molecular weight is 1060 g/mol. The van der Waals surface area contributed by atoms with Crippen molar-refractivity contribution < 1.29 is 75.5 Å². The largest absolute Gasteiger partial charge is 0.506 e. The van der Waals surface area contributed by atoms with Crippen molar-refractivity contribution in [2.45, 2.75) is 82.5 Å². The number of aliphatic carboxylic acids is 2. The summed E-state index contributed by atoms with van der Waals surface area (Å²) < 4.78 is 69.2. The number of carbonyl (C=O) groups excluding carboxylic acids is 3. The normalized spacial score (nSPS) is 13.7. The van der Waals surface area contributed by atoms with E-state index in [1.54, 1.807) is 17.0 Å². The van der Waals surface area contributed by atoms with E-state index in [9.17, 15) is 55.7 Å². The van der Waals surface area contributed by atoms with Crippen LogP contribution in [0.15, 0.2) is 108 Å². The number of likely N-dealkylation sites (tertiary alicyclic amines) is 1. The number of aromatic hydroxyl groups is 1. The van der Waals surface area contributed by atoms with Gasteiger partial charge in [0.1, 0.15) is 11.9 Å². The molecule has 1 aromatic heterocycles. The fourth-order valence-corrected chi connectivity index (χ4v) is 7.79. The van der Waals surface area contributed by atoms with Crippen LogP contribution in [0.3, 0.4) is 0 Å². The number of piperidine rings is 1. The maximum atomic E-state index is 12.9. The molecule has 5 aromatic rings. The van der Waals surface area contributed by atoms with E-state index < -0.39 is 36.5 Å². The van der Waals surface area contributed by atoms with Crippen LogP contribution < -0.4 is 21.5 Å². The molecule has 0 aliphatic carbocycles. The number of alkyl halides is 6. The van der Waals surface area contributed by atoms with Crippen LogP contribution in [0.1, 0.15) is 61.8 Å². The van der Waals surface area contributed by atoms with Crippen molar-refractivity contribution >= 4 is 46.4 Å². The molecule has 1 fully saturated rings. The summed E-state index contributed by atoms with van der Waals surface area (Å²) in [6.07, 6.45) is -7.31. The number of rotatable bonds is 19. The maximum absolute atomic E-state index is 12.9. The molecule has 17 nitrogen and oxygen atoms in total. The molecule has 1 aliphatic rings. The summed E-state index contributed by atoms with van der Waals surface area (Å²) in [6.45, 7) is 5.63. The van der Waals surface area contributed by atoms with Crippen molar-refractivity contribution in [3.05, 3.63) is 130 Å². The highest BCUT2D eigenvalue weighted by atomic mass is 19.4. The van der Waals surface area contributed by atoms with Gasteiger partial charge < -0.3 is 50.6 Å². The number of aliphatic hydroxyl groups is 1. The third kappa shape index (κ3) is 20.7. The van der Waals surface area contributed by atoms with Gasteiger partial charge in [0.25, 0.3) is 0 Å². The van der Waals surface area contributed by atoms with Gasteiger partial charge in [-0.05, 0) is 79.5 Å². The third-order valence-electron chi connectivity index (χ3n) is 11.7. The minimum absolute atomic E-state index is 0.0291. The average Bonchev–Trinajstić information content (AvgIpc) is 3.35. The number of amides is 3. The Labute approximate surface area is 427 Å². The van der Waals surface area contributed by atoms with Crippen LogP contribution in [-0.2, 0) is 36.8 Å². The van der Waals surface area contributed by atoms with Gasteiger partial charge >= 0.3 is 30.4 Å². The molecule has 0 saturated carbocycles. The molecule has 0 bridgehead atoms. The molecule has 406 valence electrons. The van der Waals surface area contributed by atoms with Gasteiger partial charge in [0, 0.05) is 75.8 Å². The molecule has 4 aromatic carbocycles. The quantitative estimate of drug-likeness (QED) is 0.0297. The van der Waals surface area contributed by atoms with Crippen molar-refractivity contribution in [1.29, 1.82) is 0 Å². The van der Waals surface area contributed by atoms with Gasteiger partial charge in [0.05, 0.1) is 23.7 Å². The zero-order valence-electron chi connectivity index (χ0n) is 41.0. The first-order valence-corrected chi connectivity index (χ1v) is 23.7. The monoisotopic (exact) mass is 1060 g/mol. The first-order valence-electron chi connectivity index (χ1n) is 23.7. The predicted molar refractivity (Wildman–Crippen MR) is 266 cm³/mol. The Balaban J connectivity index is 0.000000763. The number of unbranched alkanes of at least 4 members (excludes halogenated alkanes) is 1. The van der Waals surface area contributed by atoms with E-state index in [2.05, 4.69) is 25.8 Å². The number of para-hydroxylation sites is 1. The smallest absolute Gasteiger partial charge is 0.490 e. The Morgan fingerprint density at radius 2 is 1.45 bits per heavy atom. The van der Waals surface area contributed by atoms with Crippen molar-refractivity contribution in [3.63, 3.8) is 0 Å².